The average molecular weight is 285 g/mol. The molecular weight excluding hydrogens is 266 g/mol. The summed E-state index contributed by atoms with van der Waals surface area (Å²) in [6.07, 6.45) is 0. The first-order chi connectivity index (χ1) is 10.1. The van der Waals surface area contributed by atoms with Crippen molar-refractivity contribution in [3.05, 3.63) is 47.0 Å². The van der Waals surface area contributed by atoms with E-state index in [1.165, 1.54) is 0 Å². The Hall–Kier alpha value is -2.36. The van der Waals surface area contributed by atoms with Gasteiger partial charge in [-0.3, -0.25) is 0 Å². The summed E-state index contributed by atoms with van der Waals surface area (Å²) in [5, 5.41) is 0. The number of hydrogen-bond donors (Lipinski definition) is 1. The second-order valence-electron chi connectivity index (χ2n) is 5.20. The number of para-hydroxylation sites is 1. The molecule has 2 aromatic rings. The Bertz CT molecular complexity index is 647. The van der Waals surface area contributed by atoms with Gasteiger partial charge in [-0.1, -0.05) is 18.2 Å². The van der Waals surface area contributed by atoms with Crippen molar-refractivity contribution >= 4 is 5.69 Å². The summed E-state index contributed by atoms with van der Waals surface area (Å²) in [7, 11) is 0. The average Bonchev–Trinajstić information content (AvgIpc) is 2.47. The number of nitrogen functional groups attached to an aromatic ring is 1. The van der Waals surface area contributed by atoms with Crippen LogP contribution in [0.5, 0.6) is 17.2 Å². The summed E-state index contributed by atoms with van der Waals surface area (Å²) in [5.74, 6) is 2.34. The van der Waals surface area contributed by atoms with Crippen LogP contribution in [0.25, 0.3) is 0 Å². The number of ether oxygens (including phenoxy) is 3. The van der Waals surface area contributed by atoms with Gasteiger partial charge in [-0.2, -0.15) is 0 Å². The van der Waals surface area contributed by atoms with Crippen LogP contribution in [0, 0.1) is 13.8 Å². The molecule has 0 saturated carbocycles. The second kappa shape index (κ2) is 5.56. The highest BCUT2D eigenvalue weighted by molar-refractivity contribution is 5.58. The van der Waals surface area contributed by atoms with Crippen molar-refractivity contribution in [2.45, 2.75) is 20.5 Å². The predicted octanol–water partition coefficient (Wildman–Crippen LogP) is 3.24. The van der Waals surface area contributed by atoms with Crippen molar-refractivity contribution in [3.63, 3.8) is 0 Å². The molecule has 0 unspecified atom stereocenters. The smallest absolute Gasteiger partial charge is 0.163 e. The van der Waals surface area contributed by atoms with Gasteiger partial charge in [0.1, 0.15) is 25.6 Å². The fourth-order valence-electron chi connectivity index (χ4n) is 2.45. The van der Waals surface area contributed by atoms with Crippen LogP contribution in [0.3, 0.4) is 0 Å². The molecule has 4 nitrogen and oxygen atoms in total. The highest BCUT2D eigenvalue weighted by atomic mass is 16.6. The molecule has 0 amide bonds. The van der Waals surface area contributed by atoms with Crippen molar-refractivity contribution in [2.75, 3.05) is 18.9 Å². The first-order valence-corrected chi connectivity index (χ1v) is 7.02. The molecule has 1 aliphatic heterocycles. The molecule has 0 fully saturated rings. The van der Waals surface area contributed by atoms with Crippen LogP contribution >= 0.6 is 0 Å². The van der Waals surface area contributed by atoms with E-state index in [-0.39, 0.29) is 0 Å². The molecule has 0 aliphatic carbocycles. The quantitative estimate of drug-likeness (QED) is 0.880. The van der Waals surface area contributed by atoms with E-state index in [1.54, 1.807) is 6.07 Å². The molecule has 0 saturated heterocycles. The lowest BCUT2D eigenvalue weighted by Crippen LogP contribution is -2.16. The lowest BCUT2D eigenvalue weighted by Gasteiger charge is -2.20. The van der Waals surface area contributed by atoms with Crippen LogP contribution in [0.2, 0.25) is 0 Å². The lowest BCUT2D eigenvalue weighted by molar-refractivity contribution is 0.171. The van der Waals surface area contributed by atoms with Crippen LogP contribution in [0.15, 0.2) is 30.3 Å². The minimum Gasteiger partial charge on any atom is -0.488 e. The highest BCUT2D eigenvalue weighted by Gasteiger charge is 2.15. The molecule has 2 N–H and O–H groups in total. The summed E-state index contributed by atoms with van der Waals surface area (Å²) in [5.41, 5.74) is 9.87. The standard InChI is InChI=1S/C17H19NO3/c1-11-4-3-5-12(2)17(11)21-10-13-8-15-16(9-14(13)18)20-7-6-19-15/h3-5,8-9H,6-7,10,18H2,1-2H3. The molecule has 0 spiro atoms. The normalized spacial score (nSPS) is 13.0. The SMILES string of the molecule is Cc1cccc(C)c1OCc1cc2c(cc1N)OCCO2. The number of hydrogen-bond acceptors (Lipinski definition) is 4. The molecule has 1 heterocycles. The van der Waals surface area contributed by atoms with E-state index in [0.717, 1.165) is 28.2 Å². The van der Waals surface area contributed by atoms with Crippen LogP contribution in [-0.2, 0) is 6.61 Å². The van der Waals surface area contributed by atoms with Crippen molar-refractivity contribution in [3.8, 4) is 17.2 Å². The van der Waals surface area contributed by atoms with Crippen molar-refractivity contribution in [1.29, 1.82) is 0 Å². The van der Waals surface area contributed by atoms with Crippen LogP contribution in [-0.4, -0.2) is 13.2 Å². The van der Waals surface area contributed by atoms with Crippen LogP contribution < -0.4 is 19.9 Å². The zero-order chi connectivity index (χ0) is 14.8. The second-order valence-corrected chi connectivity index (χ2v) is 5.20. The summed E-state index contributed by atoms with van der Waals surface area (Å²) in [6.45, 7) is 5.61. The van der Waals surface area contributed by atoms with E-state index in [4.69, 9.17) is 19.9 Å². The molecule has 0 bridgehead atoms. The topological polar surface area (TPSA) is 53.7 Å². The highest BCUT2D eigenvalue weighted by Crippen LogP contribution is 2.35. The van der Waals surface area contributed by atoms with Crippen LogP contribution in [0.4, 0.5) is 5.69 Å². The number of nitrogens with two attached hydrogens (primary N) is 1. The van der Waals surface area contributed by atoms with E-state index in [1.807, 2.05) is 38.1 Å². The summed E-state index contributed by atoms with van der Waals surface area (Å²) < 4.78 is 17.0. The third-order valence-corrected chi connectivity index (χ3v) is 3.58. The Morgan fingerprint density at radius 1 is 1.05 bits per heavy atom. The van der Waals surface area contributed by atoms with E-state index in [0.29, 0.717) is 31.3 Å². The number of fused-ring (bicyclic) bond motifs is 1. The third-order valence-electron chi connectivity index (χ3n) is 3.58. The summed E-state index contributed by atoms with van der Waals surface area (Å²) >= 11 is 0. The Labute approximate surface area is 124 Å². The van der Waals surface area contributed by atoms with Gasteiger partial charge in [-0.05, 0) is 31.0 Å². The molecular formula is C17H19NO3. The monoisotopic (exact) mass is 285 g/mol. The molecule has 4 heteroatoms. The minimum atomic E-state index is 0.411. The first kappa shape index (κ1) is 13.6. The van der Waals surface area contributed by atoms with Gasteiger partial charge in [0.05, 0.1) is 0 Å². The molecule has 3 rings (SSSR count). The van der Waals surface area contributed by atoms with E-state index < -0.39 is 0 Å². The Morgan fingerprint density at radius 2 is 1.67 bits per heavy atom. The maximum Gasteiger partial charge on any atom is 0.163 e. The summed E-state index contributed by atoms with van der Waals surface area (Å²) in [6, 6.07) is 9.80. The number of rotatable bonds is 3. The molecule has 0 radical (unpaired) electrons. The largest absolute Gasteiger partial charge is 0.488 e. The van der Waals surface area contributed by atoms with Gasteiger partial charge < -0.3 is 19.9 Å². The van der Waals surface area contributed by atoms with Gasteiger partial charge in [0.2, 0.25) is 0 Å². The predicted molar refractivity (Wildman–Crippen MR) is 82.1 cm³/mol. The zero-order valence-electron chi connectivity index (χ0n) is 12.3. The van der Waals surface area contributed by atoms with Gasteiger partial charge in [-0.15, -0.1) is 0 Å². The Kier molecular flexibility index (Phi) is 3.60. The molecule has 2 aromatic carbocycles. The van der Waals surface area contributed by atoms with E-state index >= 15 is 0 Å². The van der Waals surface area contributed by atoms with Gasteiger partial charge in [0.15, 0.2) is 11.5 Å². The zero-order valence-corrected chi connectivity index (χ0v) is 12.3. The van der Waals surface area contributed by atoms with Crippen molar-refractivity contribution in [1.82, 2.24) is 0 Å². The van der Waals surface area contributed by atoms with Crippen LogP contribution in [0.1, 0.15) is 16.7 Å². The lowest BCUT2D eigenvalue weighted by atomic mass is 10.1. The molecule has 0 atom stereocenters. The molecule has 110 valence electrons. The fraction of sp³-hybridized carbons (Fsp3) is 0.294. The Morgan fingerprint density at radius 3 is 2.33 bits per heavy atom. The molecule has 1 aliphatic rings. The van der Waals surface area contributed by atoms with Gasteiger partial charge >= 0.3 is 0 Å². The first-order valence-electron chi connectivity index (χ1n) is 7.02. The minimum absolute atomic E-state index is 0.411. The van der Waals surface area contributed by atoms with Crippen molar-refractivity contribution < 1.29 is 14.2 Å². The number of anilines is 1. The van der Waals surface area contributed by atoms with Crippen molar-refractivity contribution in [2.24, 2.45) is 0 Å². The maximum absolute atomic E-state index is 6.07. The van der Waals surface area contributed by atoms with Gasteiger partial charge in [0.25, 0.3) is 0 Å². The van der Waals surface area contributed by atoms with Gasteiger partial charge in [-0.25, -0.2) is 0 Å². The number of aryl methyl sites for hydroxylation is 2. The fourth-order valence-corrected chi connectivity index (χ4v) is 2.45. The summed E-state index contributed by atoms with van der Waals surface area (Å²) in [4.78, 5) is 0. The number of benzene rings is 2. The van der Waals surface area contributed by atoms with E-state index in [2.05, 4.69) is 0 Å². The Balaban J connectivity index is 1.82. The maximum atomic E-state index is 6.07. The van der Waals surface area contributed by atoms with Gasteiger partial charge in [0, 0.05) is 17.3 Å². The molecule has 21 heavy (non-hydrogen) atoms. The van der Waals surface area contributed by atoms with E-state index in [9.17, 15) is 0 Å². The molecule has 0 aromatic heterocycles. The third kappa shape index (κ3) is 2.75.